The van der Waals surface area contributed by atoms with Crippen molar-refractivity contribution in [2.45, 2.75) is 26.4 Å². The minimum absolute atomic E-state index is 0.0308. The van der Waals surface area contributed by atoms with Crippen molar-refractivity contribution >= 4 is 33.2 Å². The maximum Gasteiger partial charge on any atom is 0.234 e. The highest BCUT2D eigenvalue weighted by atomic mass is 79.9. The largest absolute Gasteiger partial charge is 0.348 e. The van der Waals surface area contributed by atoms with E-state index in [-0.39, 0.29) is 11.9 Å². The molecule has 118 valence electrons. The Morgan fingerprint density at radius 3 is 2.59 bits per heavy atom. The number of carbonyl (C=O) groups is 1. The molecule has 1 N–H and O–H groups in total. The van der Waals surface area contributed by atoms with Crippen LogP contribution < -0.4 is 5.32 Å². The summed E-state index contributed by atoms with van der Waals surface area (Å²) in [6.07, 6.45) is 0. The van der Waals surface area contributed by atoms with Gasteiger partial charge in [-0.05, 0) is 47.1 Å². The normalized spacial score (nSPS) is 12.4. The van der Waals surface area contributed by atoms with E-state index in [0.717, 1.165) is 22.4 Å². The molecule has 0 aliphatic heterocycles. The van der Waals surface area contributed by atoms with Crippen molar-refractivity contribution in [1.29, 1.82) is 0 Å². The summed E-state index contributed by atoms with van der Waals surface area (Å²) in [4.78, 5) is 15.6. The predicted molar refractivity (Wildman–Crippen MR) is 96.0 cm³/mol. The number of carbonyl (C=O) groups excluding carboxylic acids is 1. The fourth-order valence-corrected chi connectivity index (χ4v) is 3.78. The number of rotatable bonds is 7. The van der Waals surface area contributed by atoms with Gasteiger partial charge in [0.2, 0.25) is 5.91 Å². The van der Waals surface area contributed by atoms with E-state index in [1.807, 2.05) is 43.3 Å². The summed E-state index contributed by atoms with van der Waals surface area (Å²) in [7, 11) is 0. The Labute approximate surface area is 144 Å². The van der Waals surface area contributed by atoms with Gasteiger partial charge >= 0.3 is 0 Å². The third kappa shape index (κ3) is 5.23. The lowest BCUT2D eigenvalue weighted by molar-refractivity contribution is -0.123. The molecule has 0 saturated carbocycles. The van der Waals surface area contributed by atoms with Gasteiger partial charge in [-0.3, -0.25) is 9.69 Å². The van der Waals surface area contributed by atoms with Crippen molar-refractivity contribution in [1.82, 2.24) is 10.2 Å². The third-order valence-electron chi connectivity index (χ3n) is 3.50. The predicted octanol–water partition coefficient (Wildman–Crippen LogP) is 4.21. The van der Waals surface area contributed by atoms with Gasteiger partial charge < -0.3 is 5.32 Å². The first kappa shape index (κ1) is 17.2. The molecule has 1 aromatic heterocycles. The van der Waals surface area contributed by atoms with E-state index in [1.165, 1.54) is 4.88 Å². The standard InChI is InChI=1S/C17H21BrN2OS/c1-3-20(11-15-9-10-16(18)22-15)12-17(21)19-13(2)14-7-5-4-6-8-14/h4-10,13H,3,11-12H2,1-2H3,(H,19,21). The number of amides is 1. The smallest absolute Gasteiger partial charge is 0.234 e. The molecule has 0 bridgehead atoms. The van der Waals surface area contributed by atoms with Crippen LogP contribution in [0.1, 0.15) is 30.3 Å². The Morgan fingerprint density at radius 1 is 1.27 bits per heavy atom. The van der Waals surface area contributed by atoms with Gasteiger partial charge in [-0.25, -0.2) is 0 Å². The molecule has 1 heterocycles. The molecule has 22 heavy (non-hydrogen) atoms. The molecule has 0 aliphatic carbocycles. The Kier molecular flexibility index (Phi) is 6.61. The van der Waals surface area contributed by atoms with E-state index in [4.69, 9.17) is 0 Å². The molecule has 1 atom stereocenters. The van der Waals surface area contributed by atoms with E-state index < -0.39 is 0 Å². The lowest BCUT2D eigenvalue weighted by atomic mass is 10.1. The summed E-state index contributed by atoms with van der Waals surface area (Å²) in [5.41, 5.74) is 1.13. The van der Waals surface area contributed by atoms with E-state index in [0.29, 0.717) is 6.54 Å². The second kappa shape index (κ2) is 8.46. The van der Waals surface area contributed by atoms with Crippen molar-refractivity contribution in [3.8, 4) is 0 Å². The molecule has 2 aromatic rings. The number of nitrogens with one attached hydrogen (secondary N) is 1. The van der Waals surface area contributed by atoms with Crippen molar-refractivity contribution in [3.05, 3.63) is 56.7 Å². The van der Waals surface area contributed by atoms with Gasteiger partial charge in [0.1, 0.15) is 0 Å². The van der Waals surface area contributed by atoms with Crippen molar-refractivity contribution in [2.24, 2.45) is 0 Å². The van der Waals surface area contributed by atoms with Gasteiger partial charge in [0.25, 0.3) is 0 Å². The Hall–Kier alpha value is -1.17. The van der Waals surface area contributed by atoms with E-state index in [9.17, 15) is 4.79 Å². The lowest BCUT2D eigenvalue weighted by Gasteiger charge is -2.21. The monoisotopic (exact) mass is 380 g/mol. The number of benzene rings is 1. The number of hydrogen-bond acceptors (Lipinski definition) is 3. The molecule has 1 amide bonds. The summed E-state index contributed by atoms with van der Waals surface area (Å²) < 4.78 is 1.13. The van der Waals surface area contributed by atoms with Crippen LogP contribution in [-0.2, 0) is 11.3 Å². The average Bonchev–Trinajstić information content (AvgIpc) is 2.92. The first-order valence-electron chi connectivity index (χ1n) is 7.39. The number of hydrogen-bond donors (Lipinski definition) is 1. The van der Waals surface area contributed by atoms with Crippen LogP contribution in [0.5, 0.6) is 0 Å². The van der Waals surface area contributed by atoms with E-state index >= 15 is 0 Å². The van der Waals surface area contributed by atoms with Gasteiger partial charge in [-0.15, -0.1) is 11.3 Å². The van der Waals surface area contributed by atoms with Crippen LogP contribution in [0.25, 0.3) is 0 Å². The number of likely N-dealkylation sites (N-methyl/N-ethyl adjacent to an activating group) is 1. The van der Waals surface area contributed by atoms with Gasteiger partial charge in [0.15, 0.2) is 0 Å². The fraction of sp³-hybridized carbons (Fsp3) is 0.353. The molecule has 0 aliphatic rings. The molecule has 0 saturated heterocycles. The number of halogens is 1. The summed E-state index contributed by atoms with van der Waals surface area (Å²) in [6, 6.07) is 14.2. The van der Waals surface area contributed by atoms with Crippen LogP contribution in [0.4, 0.5) is 0 Å². The van der Waals surface area contributed by atoms with Crippen LogP contribution in [-0.4, -0.2) is 23.9 Å². The fourth-order valence-electron chi connectivity index (χ4n) is 2.25. The minimum atomic E-state index is 0.0308. The topological polar surface area (TPSA) is 32.3 Å². The first-order chi connectivity index (χ1) is 10.6. The zero-order valence-electron chi connectivity index (χ0n) is 12.9. The number of thiophene rings is 1. The maximum absolute atomic E-state index is 12.2. The van der Waals surface area contributed by atoms with Gasteiger partial charge in [0, 0.05) is 11.4 Å². The summed E-state index contributed by atoms with van der Waals surface area (Å²) in [6.45, 7) is 6.17. The van der Waals surface area contributed by atoms with Crippen molar-refractivity contribution in [2.75, 3.05) is 13.1 Å². The maximum atomic E-state index is 12.2. The quantitative estimate of drug-likeness (QED) is 0.779. The molecular formula is C17H21BrN2OS. The highest BCUT2D eigenvalue weighted by Crippen LogP contribution is 2.23. The SMILES string of the molecule is CCN(CC(=O)NC(C)c1ccccc1)Cc1ccc(Br)s1. The molecule has 3 nitrogen and oxygen atoms in total. The Bertz CT molecular complexity index is 600. The summed E-state index contributed by atoms with van der Waals surface area (Å²) in [5.74, 6) is 0.0637. The van der Waals surface area contributed by atoms with Gasteiger partial charge in [0.05, 0.1) is 16.4 Å². The van der Waals surface area contributed by atoms with Crippen LogP contribution in [0.15, 0.2) is 46.3 Å². The molecule has 1 aromatic carbocycles. The third-order valence-corrected chi connectivity index (χ3v) is 5.11. The minimum Gasteiger partial charge on any atom is -0.348 e. The zero-order valence-corrected chi connectivity index (χ0v) is 15.3. The lowest BCUT2D eigenvalue weighted by Crippen LogP contribution is -2.37. The van der Waals surface area contributed by atoms with Crippen molar-refractivity contribution in [3.63, 3.8) is 0 Å². The Morgan fingerprint density at radius 2 is 2.00 bits per heavy atom. The first-order valence-corrected chi connectivity index (χ1v) is 9.00. The van der Waals surface area contributed by atoms with Crippen LogP contribution in [0, 0.1) is 0 Å². The molecule has 1 unspecified atom stereocenters. The van der Waals surface area contributed by atoms with Gasteiger partial charge in [-0.1, -0.05) is 37.3 Å². The second-order valence-electron chi connectivity index (χ2n) is 5.21. The summed E-state index contributed by atoms with van der Waals surface area (Å²) in [5, 5.41) is 3.07. The molecule has 0 radical (unpaired) electrons. The van der Waals surface area contributed by atoms with Crippen molar-refractivity contribution < 1.29 is 4.79 Å². The molecule has 2 rings (SSSR count). The highest BCUT2D eigenvalue weighted by Gasteiger charge is 2.13. The molecule has 0 spiro atoms. The summed E-state index contributed by atoms with van der Waals surface area (Å²) >= 11 is 5.19. The second-order valence-corrected chi connectivity index (χ2v) is 7.76. The molecule has 5 heteroatoms. The average molecular weight is 381 g/mol. The molecule has 0 fully saturated rings. The van der Waals surface area contributed by atoms with Crippen LogP contribution >= 0.6 is 27.3 Å². The Balaban J connectivity index is 1.86. The van der Waals surface area contributed by atoms with Crippen LogP contribution in [0.3, 0.4) is 0 Å². The van der Waals surface area contributed by atoms with E-state index in [1.54, 1.807) is 11.3 Å². The number of nitrogens with zero attached hydrogens (tertiary/aromatic N) is 1. The zero-order chi connectivity index (χ0) is 15.9. The molecular weight excluding hydrogens is 360 g/mol. The van der Waals surface area contributed by atoms with Gasteiger partial charge in [-0.2, -0.15) is 0 Å². The van der Waals surface area contributed by atoms with Crippen LogP contribution in [0.2, 0.25) is 0 Å². The van der Waals surface area contributed by atoms with E-state index in [2.05, 4.69) is 39.1 Å². The highest BCUT2D eigenvalue weighted by molar-refractivity contribution is 9.11.